The molecule has 5 nitrogen and oxygen atoms in total. The summed E-state index contributed by atoms with van der Waals surface area (Å²) >= 11 is 0. The smallest absolute Gasteiger partial charge is 0.271 e. The molecule has 0 fully saturated rings. The fraction of sp³-hybridized carbons (Fsp3) is 0. The topological polar surface area (TPSA) is 78.4 Å². The van der Waals surface area contributed by atoms with Gasteiger partial charge in [0.25, 0.3) is 5.69 Å². The Morgan fingerprint density at radius 3 is 2.47 bits per heavy atom. The van der Waals surface area contributed by atoms with Crippen LogP contribution in [0.5, 0.6) is 11.5 Å². The number of hydrogen-bond acceptors (Lipinski definition) is 4. The summed E-state index contributed by atoms with van der Waals surface area (Å²) in [5, 5.41) is 10.5. The Labute approximate surface area is 106 Å². The van der Waals surface area contributed by atoms with E-state index in [1.165, 1.54) is 6.07 Å². The molecule has 0 saturated carbocycles. The van der Waals surface area contributed by atoms with E-state index in [9.17, 15) is 18.9 Å². The van der Waals surface area contributed by atoms with Gasteiger partial charge in [-0.05, 0) is 18.2 Å². The number of benzene rings is 2. The van der Waals surface area contributed by atoms with Crippen molar-refractivity contribution in [1.82, 2.24) is 0 Å². The zero-order chi connectivity index (χ0) is 14.0. The molecule has 0 heterocycles. The van der Waals surface area contributed by atoms with Gasteiger partial charge in [-0.15, -0.1) is 0 Å². The maximum atomic E-state index is 13.4. The first-order valence-corrected chi connectivity index (χ1v) is 5.14. The average Bonchev–Trinajstić information content (AvgIpc) is 2.36. The van der Waals surface area contributed by atoms with E-state index in [-0.39, 0.29) is 22.9 Å². The summed E-state index contributed by atoms with van der Waals surface area (Å²) in [5.74, 6) is -1.77. The number of rotatable bonds is 3. The van der Waals surface area contributed by atoms with Crippen molar-refractivity contribution in [1.29, 1.82) is 0 Å². The minimum atomic E-state index is -0.765. The molecule has 2 aromatic carbocycles. The summed E-state index contributed by atoms with van der Waals surface area (Å²) in [4.78, 5) is 9.90. The molecule has 98 valence electrons. The van der Waals surface area contributed by atoms with E-state index in [1.54, 1.807) is 0 Å². The Morgan fingerprint density at radius 1 is 1.11 bits per heavy atom. The predicted octanol–water partition coefficient (Wildman–Crippen LogP) is 3.25. The summed E-state index contributed by atoms with van der Waals surface area (Å²) in [6.45, 7) is 0. The lowest BCUT2D eigenvalue weighted by Gasteiger charge is -2.09. The van der Waals surface area contributed by atoms with Crippen LogP contribution in [0.3, 0.4) is 0 Å². The first-order chi connectivity index (χ1) is 8.97. The average molecular weight is 266 g/mol. The number of ether oxygens (including phenoxy) is 1. The Bertz CT molecular complexity index is 647. The highest BCUT2D eigenvalue weighted by Crippen LogP contribution is 2.32. The Balaban J connectivity index is 2.33. The standard InChI is InChI=1S/C12H8F2N2O3/c13-7-1-3-9(14)12(5-7)19-11-4-2-8(16(17)18)6-10(11)15/h1-6H,15H2. The van der Waals surface area contributed by atoms with E-state index in [0.29, 0.717) is 0 Å². The number of nitrogens with two attached hydrogens (primary N) is 1. The van der Waals surface area contributed by atoms with Crippen molar-refractivity contribution in [3.63, 3.8) is 0 Å². The van der Waals surface area contributed by atoms with Crippen molar-refractivity contribution >= 4 is 11.4 Å². The number of nitro groups is 1. The molecule has 0 aliphatic rings. The molecule has 2 N–H and O–H groups in total. The van der Waals surface area contributed by atoms with E-state index in [0.717, 1.165) is 30.3 Å². The highest BCUT2D eigenvalue weighted by Gasteiger charge is 2.12. The third-order valence-electron chi connectivity index (χ3n) is 2.32. The third kappa shape index (κ3) is 2.76. The SMILES string of the molecule is Nc1cc([N+](=O)[O-])ccc1Oc1cc(F)ccc1F. The van der Waals surface area contributed by atoms with Crippen LogP contribution in [0.4, 0.5) is 20.2 Å². The van der Waals surface area contributed by atoms with E-state index >= 15 is 0 Å². The molecule has 0 aromatic heterocycles. The molecule has 0 spiro atoms. The van der Waals surface area contributed by atoms with Crippen molar-refractivity contribution in [2.24, 2.45) is 0 Å². The van der Waals surface area contributed by atoms with E-state index < -0.39 is 16.6 Å². The third-order valence-corrected chi connectivity index (χ3v) is 2.32. The van der Waals surface area contributed by atoms with Crippen LogP contribution in [-0.2, 0) is 0 Å². The van der Waals surface area contributed by atoms with Crippen molar-refractivity contribution in [3.05, 3.63) is 58.1 Å². The molecule has 0 bridgehead atoms. The predicted molar refractivity (Wildman–Crippen MR) is 63.9 cm³/mol. The molecule has 0 aliphatic heterocycles. The maximum Gasteiger partial charge on any atom is 0.271 e. The van der Waals surface area contributed by atoms with Gasteiger partial charge in [0.1, 0.15) is 5.82 Å². The van der Waals surface area contributed by atoms with Gasteiger partial charge in [0, 0.05) is 18.2 Å². The van der Waals surface area contributed by atoms with E-state index in [2.05, 4.69) is 0 Å². The van der Waals surface area contributed by atoms with E-state index in [1.807, 2.05) is 0 Å². The van der Waals surface area contributed by atoms with Gasteiger partial charge >= 0.3 is 0 Å². The van der Waals surface area contributed by atoms with Crippen LogP contribution >= 0.6 is 0 Å². The quantitative estimate of drug-likeness (QED) is 0.525. The van der Waals surface area contributed by atoms with Gasteiger partial charge < -0.3 is 10.5 Å². The molecule has 0 saturated heterocycles. The Hall–Kier alpha value is -2.70. The fourth-order valence-electron chi connectivity index (χ4n) is 1.42. The number of hydrogen-bond donors (Lipinski definition) is 1. The fourth-order valence-corrected chi connectivity index (χ4v) is 1.42. The molecule has 0 radical (unpaired) electrons. The van der Waals surface area contributed by atoms with Gasteiger partial charge in [0.05, 0.1) is 10.6 Å². The van der Waals surface area contributed by atoms with Crippen LogP contribution in [0.1, 0.15) is 0 Å². The second kappa shape index (κ2) is 4.89. The zero-order valence-corrected chi connectivity index (χ0v) is 9.47. The monoisotopic (exact) mass is 266 g/mol. The summed E-state index contributed by atoms with van der Waals surface area (Å²) in [6.07, 6.45) is 0. The van der Waals surface area contributed by atoms with Gasteiger partial charge in [-0.1, -0.05) is 0 Å². The van der Waals surface area contributed by atoms with Crippen molar-refractivity contribution in [3.8, 4) is 11.5 Å². The van der Waals surface area contributed by atoms with E-state index in [4.69, 9.17) is 10.5 Å². The van der Waals surface area contributed by atoms with Crippen molar-refractivity contribution in [2.75, 3.05) is 5.73 Å². The number of nitro benzene ring substituents is 1. The normalized spacial score (nSPS) is 10.2. The van der Waals surface area contributed by atoms with Crippen LogP contribution in [0, 0.1) is 21.7 Å². The zero-order valence-electron chi connectivity index (χ0n) is 9.47. The number of nitrogen functional groups attached to an aromatic ring is 1. The van der Waals surface area contributed by atoms with Crippen LogP contribution in [0.15, 0.2) is 36.4 Å². The second-order valence-corrected chi connectivity index (χ2v) is 3.66. The van der Waals surface area contributed by atoms with Crippen LogP contribution < -0.4 is 10.5 Å². The minimum absolute atomic E-state index is 0.00935. The number of nitrogens with zero attached hydrogens (tertiary/aromatic N) is 1. The lowest BCUT2D eigenvalue weighted by molar-refractivity contribution is -0.384. The summed E-state index contributed by atoms with van der Waals surface area (Å²) in [6, 6.07) is 6.16. The largest absolute Gasteiger partial charge is 0.452 e. The molecule has 0 aliphatic carbocycles. The lowest BCUT2D eigenvalue weighted by Crippen LogP contribution is -1.96. The molecular weight excluding hydrogens is 258 g/mol. The minimum Gasteiger partial charge on any atom is -0.452 e. The lowest BCUT2D eigenvalue weighted by atomic mass is 10.2. The van der Waals surface area contributed by atoms with Gasteiger partial charge in [-0.25, -0.2) is 8.78 Å². The Morgan fingerprint density at radius 2 is 1.84 bits per heavy atom. The van der Waals surface area contributed by atoms with Crippen LogP contribution in [-0.4, -0.2) is 4.92 Å². The molecule has 0 atom stereocenters. The molecule has 19 heavy (non-hydrogen) atoms. The van der Waals surface area contributed by atoms with Gasteiger partial charge in [-0.2, -0.15) is 0 Å². The first-order valence-electron chi connectivity index (χ1n) is 5.14. The summed E-state index contributed by atoms with van der Waals surface area (Å²) < 4.78 is 31.4. The van der Waals surface area contributed by atoms with Crippen molar-refractivity contribution < 1.29 is 18.4 Å². The van der Waals surface area contributed by atoms with Crippen LogP contribution in [0.25, 0.3) is 0 Å². The molecule has 0 unspecified atom stereocenters. The Kier molecular flexibility index (Phi) is 3.28. The number of non-ortho nitro benzene ring substituents is 1. The molecular formula is C12H8F2N2O3. The van der Waals surface area contributed by atoms with Gasteiger partial charge in [-0.3, -0.25) is 10.1 Å². The van der Waals surface area contributed by atoms with Gasteiger partial charge in [0.15, 0.2) is 17.3 Å². The molecule has 0 amide bonds. The van der Waals surface area contributed by atoms with Crippen LogP contribution in [0.2, 0.25) is 0 Å². The number of anilines is 1. The highest BCUT2D eigenvalue weighted by atomic mass is 19.1. The summed E-state index contributed by atoms with van der Waals surface area (Å²) in [7, 11) is 0. The number of halogens is 2. The first kappa shape index (κ1) is 12.7. The highest BCUT2D eigenvalue weighted by molar-refractivity contribution is 5.59. The maximum absolute atomic E-state index is 13.4. The summed E-state index contributed by atoms with van der Waals surface area (Å²) in [5.41, 5.74) is 5.29. The molecule has 2 aromatic rings. The molecule has 2 rings (SSSR count). The second-order valence-electron chi connectivity index (χ2n) is 3.66. The van der Waals surface area contributed by atoms with Crippen molar-refractivity contribution in [2.45, 2.75) is 0 Å². The van der Waals surface area contributed by atoms with Gasteiger partial charge in [0.2, 0.25) is 0 Å². The molecule has 7 heteroatoms.